The zero-order valence-corrected chi connectivity index (χ0v) is 8.19. The van der Waals surface area contributed by atoms with Crippen molar-refractivity contribution in [2.24, 2.45) is 5.73 Å². The van der Waals surface area contributed by atoms with Gasteiger partial charge in [0.1, 0.15) is 0 Å². The zero-order valence-electron chi connectivity index (χ0n) is 7.43. The smallest absolute Gasteiger partial charge is 0.244 e. The maximum atomic E-state index is 10.6. The Labute approximate surface area is 78.1 Å². The largest absolute Gasteiger partial charge is 0.366 e. The Bertz CT molecular complexity index is 219. The number of hydrogen-bond donors (Lipinski definition) is 1. The predicted octanol–water partition coefficient (Wildman–Crippen LogP) is 2.34. The van der Waals surface area contributed by atoms with E-state index in [0.717, 1.165) is 6.42 Å². The molecule has 0 aliphatic heterocycles. The van der Waals surface area contributed by atoms with E-state index in [2.05, 4.69) is 0 Å². The quantitative estimate of drug-likeness (QED) is 0.673. The number of halogens is 1. The maximum absolute atomic E-state index is 10.6. The van der Waals surface area contributed by atoms with Gasteiger partial charge in [-0.2, -0.15) is 0 Å². The van der Waals surface area contributed by atoms with Crippen LogP contribution in [0.3, 0.4) is 0 Å². The summed E-state index contributed by atoms with van der Waals surface area (Å²) in [7, 11) is 0. The summed E-state index contributed by atoms with van der Waals surface area (Å²) in [5.74, 6) is -0.369. The van der Waals surface area contributed by atoms with Gasteiger partial charge in [-0.1, -0.05) is 31.5 Å². The zero-order chi connectivity index (χ0) is 9.56. The van der Waals surface area contributed by atoms with Crippen molar-refractivity contribution in [1.29, 1.82) is 0 Å². The molecule has 0 saturated heterocycles. The summed E-state index contributed by atoms with van der Waals surface area (Å²) in [6.07, 6.45) is 5.01. The summed E-state index contributed by atoms with van der Waals surface area (Å²) in [4.78, 5) is 10.6. The number of nitrogens with two attached hydrogens (primary N) is 1. The Kier molecular flexibility index (Phi) is 5.47. The minimum atomic E-state index is -0.369. The molecule has 0 atom stereocenters. The fourth-order valence-corrected chi connectivity index (χ4v) is 1.10. The van der Waals surface area contributed by atoms with Gasteiger partial charge in [0.2, 0.25) is 5.91 Å². The molecule has 3 heteroatoms. The van der Waals surface area contributed by atoms with Crippen molar-refractivity contribution in [3.05, 3.63) is 22.8 Å². The standard InChI is InChI=1S/C7H8ClNO.C2H6/c8-6-3-1-2-5(4-6)7(9)10;1-2/h3-4H,1-2H2,(H2,9,10);1-2H3. The van der Waals surface area contributed by atoms with Gasteiger partial charge in [-0.15, -0.1) is 0 Å². The number of carbonyl (C=O) groups excluding carboxylic acids is 1. The van der Waals surface area contributed by atoms with Gasteiger partial charge < -0.3 is 5.73 Å². The molecule has 1 rings (SSSR count). The highest BCUT2D eigenvalue weighted by atomic mass is 35.5. The van der Waals surface area contributed by atoms with Crippen LogP contribution in [0.5, 0.6) is 0 Å². The average molecular weight is 188 g/mol. The van der Waals surface area contributed by atoms with E-state index in [-0.39, 0.29) is 5.91 Å². The van der Waals surface area contributed by atoms with Crippen molar-refractivity contribution in [1.82, 2.24) is 0 Å². The first-order chi connectivity index (χ1) is 5.70. The van der Waals surface area contributed by atoms with Crippen molar-refractivity contribution in [3.8, 4) is 0 Å². The third kappa shape index (κ3) is 3.58. The number of amides is 1. The second-order valence-corrected chi connectivity index (χ2v) is 2.60. The molecule has 0 radical (unpaired) electrons. The fourth-order valence-electron chi connectivity index (χ4n) is 0.857. The van der Waals surface area contributed by atoms with E-state index in [0.29, 0.717) is 17.0 Å². The Hall–Kier alpha value is -0.760. The molecule has 0 heterocycles. The van der Waals surface area contributed by atoms with Crippen molar-refractivity contribution in [2.45, 2.75) is 26.7 Å². The molecular formula is C9H14ClNO. The third-order valence-electron chi connectivity index (χ3n) is 1.38. The number of primary amides is 1. The number of rotatable bonds is 1. The molecule has 2 N–H and O–H groups in total. The molecule has 0 unspecified atom stereocenters. The monoisotopic (exact) mass is 187 g/mol. The SMILES string of the molecule is CC.NC(=O)C1=CC(Cl)=CCC1. The van der Waals surface area contributed by atoms with Crippen LogP contribution >= 0.6 is 11.6 Å². The summed E-state index contributed by atoms with van der Waals surface area (Å²) in [5, 5.41) is 0.611. The topological polar surface area (TPSA) is 43.1 Å². The number of carbonyl (C=O) groups is 1. The number of hydrogen-bond acceptors (Lipinski definition) is 1. The van der Waals surface area contributed by atoms with Gasteiger partial charge in [0.25, 0.3) is 0 Å². The van der Waals surface area contributed by atoms with Gasteiger partial charge in [0.15, 0.2) is 0 Å². The number of allylic oxidation sites excluding steroid dienone is 3. The van der Waals surface area contributed by atoms with Gasteiger partial charge >= 0.3 is 0 Å². The van der Waals surface area contributed by atoms with Crippen LogP contribution in [0.4, 0.5) is 0 Å². The van der Waals surface area contributed by atoms with Crippen LogP contribution in [0.2, 0.25) is 0 Å². The summed E-state index contributed by atoms with van der Waals surface area (Å²) in [6, 6.07) is 0. The summed E-state index contributed by atoms with van der Waals surface area (Å²) in [5.41, 5.74) is 5.65. The molecule has 1 aliphatic rings. The first-order valence-electron chi connectivity index (χ1n) is 4.06. The van der Waals surface area contributed by atoms with Gasteiger partial charge in [-0.25, -0.2) is 0 Å². The van der Waals surface area contributed by atoms with Crippen LogP contribution in [0.1, 0.15) is 26.7 Å². The lowest BCUT2D eigenvalue weighted by atomic mass is 10.1. The Morgan fingerprint density at radius 3 is 2.50 bits per heavy atom. The molecule has 12 heavy (non-hydrogen) atoms. The van der Waals surface area contributed by atoms with E-state index in [1.54, 1.807) is 6.08 Å². The van der Waals surface area contributed by atoms with Crippen molar-refractivity contribution in [2.75, 3.05) is 0 Å². The van der Waals surface area contributed by atoms with E-state index < -0.39 is 0 Å². The average Bonchev–Trinajstić information content (AvgIpc) is 2.08. The molecule has 1 aliphatic carbocycles. The predicted molar refractivity (Wildman–Crippen MR) is 51.8 cm³/mol. The van der Waals surface area contributed by atoms with E-state index in [1.807, 2.05) is 19.9 Å². The molecule has 0 spiro atoms. The fraction of sp³-hybridized carbons (Fsp3) is 0.444. The molecule has 68 valence electrons. The highest BCUT2D eigenvalue weighted by Gasteiger charge is 2.07. The highest BCUT2D eigenvalue weighted by molar-refractivity contribution is 6.31. The van der Waals surface area contributed by atoms with E-state index in [4.69, 9.17) is 17.3 Å². The van der Waals surface area contributed by atoms with E-state index in [9.17, 15) is 4.79 Å². The summed E-state index contributed by atoms with van der Waals surface area (Å²) < 4.78 is 0. The summed E-state index contributed by atoms with van der Waals surface area (Å²) >= 11 is 5.63. The maximum Gasteiger partial charge on any atom is 0.244 e. The normalized spacial score (nSPS) is 15.2. The molecule has 0 fully saturated rings. The molecule has 0 aromatic rings. The Morgan fingerprint density at radius 2 is 2.17 bits per heavy atom. The van der Waals surface area contributed by atoms with Crippen molar-refractivity contribution < 1.29 is 4.79 Å². The molecule has 0 bridgehead atoms. The molecular weight excluding hydrogens is 174 g/mol. The second-order valence-electron chi connectivity index (χ2n) is 2.16. The Balaban J connectivity index is 0.000000561. The van der Waals surface area contributed by atoms with Crippen molar-refractivity contribution >= 4 is 17.5 Å². The van der Waals surface area contributed by atoms with Gasteiger partial charge in [-0.3, -0.25) is 4.79 Å². The van der Waals surface area contributed by atoms with E-state index >= 15 is 0 Å². The van der Waals surface area contributed by atoms with Crippen LogP contribution in [-0.2, 0) is 4.79 Å². The van der Waals surface area contributed by atoms with Gasteiger partial charge in [0.05, 0.1) is 0 Å². The highest BCUT2D eigenvalue weighted by Crippen LogP contribution is 2.18. The Morgan fingerprint density at radius 1 is 1.58 bits per heavy atom. The lowest BCUT2D eigenvalue weighted by molar-refractivity contribution is -0.114. The lowest BCUT2D eigenvalue weighted by Gasteiger charge is -2.05. The molecule has 0 saturated carbocycles. The first kappa shape index (κ1) is 11.2. The van der Waals surface area contributed by atoms with Crippen LogP contribution in [0.25, 0.3) is 0 Å². The van der Waals surface area contributed by atoms with Crippen LogP contribution in [-0.4, -0.2) is 5.91 Å². The lowest BCUT2D eigenvalue weighted by Crippen LogP contribution is -2.14. The second kappa shape index (κ2) is 5.84. The third-order valence-corrected chi connectivity index (χ3v) is 1.65. The molecule has 2 nitrogen and oxygen atoms in total. The minimum Gasteiger partial charge on any atom is -0.366 e. The van der Waals surface area contributed by atoms with Crippen LogP contribution in [0.15, 0.2) is 22.8 Å². The molecule has 0 aromatic heterocycles. The van der Waals surface area contributed by atoms with Crippen LogP contribution in [0, 0.1) is 0 Å². The van der Waals surface area contributed by atoms with Crippen LogP contribution < -0.4 is 5.73 Å². The van der Waals surface area contributed by atoms with Gasteiger partial charge in [0, 0.05) is 10.6 Å². The summed E-state index contributed by atoms with van der Waals surface area (Å²) in [6.45, 7) is 4.00. The first-order valence-corrected chi connectivity index (χ1v) is 4.44. The van der Waals surface area contributed by atoms with Gasteiger partial charge in [-0.05, 0) is 18.9 Å². The minimum absolute atomic E-state index is 0.369. The van der Waals surface area contributed by atoms with Crippen molar-refractivity contribution in [3.63, 3.8) is 0 Å². The molecule has 0 aromatic carbocycles. The van der Waals surface area contributed by atoms with E-state index in [1.165, 1.54) is 0 Å². The molecule has 1 amide bonds.